The highest BCUT2D eigenvalue weighted by atomic mass is 32.2. The van der Waals surface area contributed by atoms with Gasteiger partial charge in [-0.15, -0.1) is 23.5 Å². The number of rotatable bonds is 2. The molecule has 0 amide bonds. The largest absolute Gasteiger partial charge is 0.142 e. The minimum absolute atomic E-state index is 0.434. The Morgan fingerprint density at radius 3 is 2.24 bits per heavy atom. The minimum atomic E-state index is 0.434. The average molecular weight is 319 g/mol. The van der Waals surface area contributed by atoms with Crippen molar-refractivity contribution in [3.05, 3.63) is 35.4 Å². The molecule has 0 atom stereocenters. The maximum Gasteiger partial charge on any atom is 0.0751 e. The molecular formula is C19H26S2. The van der Waals surface area contributed by atoms with E-state index in [0.29, 0.717) is 10.00 Å². The van der Waals surface area contributed by atoms with Crippen LogP contribution in [0.3, 0.4) is 0 Å². The fraction of sp³-hybridized carbons (Fsp3) is 0.579. The molecule has 1 saturated heterocycles. The quantitative estimate of drug-likeness (QED) is 0.615. The fourth-order valence-electron chi connectivity index (χ4n) is 2.21. The van der Waals surface area contributed by atoms with Crippen molar-refractivity contribution in [3.8, 4) is 11.8 Å². The number of thioether (sulfide) groups is 2. The van der Waals surface area contributed by atoms with Gasteiger partial charge in [-0.1, -0.05) is 51.7 Å². The molecule has 0 aromatic heterocycles. The van der Waals surface area contributed by atoms with Crippen LogP contribution in [0.5, 0.6) is 0 Å². The molecule has 0 N–H and O–H groups in total. The Bertz CT molecular complexity index is 491. The summed E-state index contributed by atoms with van der Waals surface area (Å²) in [4.78, 5) is 0. The zero-order chi connectivity index (χ0) is 15.3. The third-order valence-corrected chi connectivity index (χ3v) is 7.07. The molecule has 0 spiro atoms. The lowest BCUT2D eigenvalue weighted by Crippen LogP contribution is -2.27. The summed E-state index contributed by atoms with van der Waals surface area (Å²) in [5.74, 6) is 9.83. The molecule has 0 nitrogen and oxygen atoms in total. The van der Waals surface area contributed by atoms with E-state index in [-0.39, 0.29) is 0 Å². The highest BCUT2D eigenvalue weighted by molar-refractivity contribution is 8.16. The first kappa shape index (κ1) is 16.8. The van der Waals surface area contributed by atoms with Crippen molar-refractivity contribution in [1.29, 1.82) is 0 Å². The smallest absolute Gasteiger partial charge is 0.0751 e. The second kappa shape index (κ2) is 7.65. The summed E-state index contributed by atoms with van der Waals surface area (Å²) in [6.07, 6.45) is 2.12. The molecule has 1 aromatic rings. The third kappa shape index (κ3) is 5.01. The first-order chi connectivity index (χ1) is 10.0. The Labute approximate surface area is 138 Å². The van der Waals surface area contributed by atoms with Crippen LogP contribution in [0.2, 0.25) is 0 Å². The normalized spacial score (nSPS) is 22.5. The number of benzene rings is 1. The first-order valence-electron chi connectivity index (χ1n) is 7.82. The maximum absolute atomic E-state index is 3.24. The number of hydrogen-bond donors (Lipinski definition) is 0. The second-order valence-corrected chi connectivity index (χ2v) is 9.31. The predicted octanol–water partition coefficient (Wildman–Crippen LogP) is 5.98. The molecule has 0 radical (unpaired) electrons. The molecule has 0 aliphatic carbocycles. The van der Waals surface area contributed by atoms with Crippen LogP contribution in [-0.4, -0.2) is 11.5 Å². The van der Waals surface area contributed by atoms with Crippen LogP contribution in [0.15, 0.2) is 24.3 Å². The van der Waals surface area contributed by atoms with Crippen LogP contribution in [0, 0.1) is 23.2 Å². The Morgan fingerprint density at radius 1 is 1.10 bits per heavy atom. The number of unbranched alkanes of at least 4 members (excludes halogenated alkanes) is 1. The summed E-state index contributed by atoms with van der Waals surface area (Å²) < 4.78 is 0.598. The van der Waals surface area contributed by atoms with Gasteiger partial charge in [-0.2, -0.15) is 0 Å². The zero-order valence-electron chi connectivity index (χ0n) is 13.6. The molecule has 0 saturated carbocycles. The average Bonchev–Trinajstić information content (AvgIpc) is 2.48. The van der Waals surface area contributed by atoms with Gasteiger partial charge in [0.05, 0.1) is 4.58 Å². The Kier molecular flexibility index (Phi) is 6.14. The van der Waals surface area contributed by atoms with E-state index in [0.717, 1.165) is 24.3 Å². The predicted molar refractivity (Wildman–Crippen MR) is 98.8 cm³/mol. The monoisotopic (exact) mass is 318 g/mol. The van der Waals surface area contributed by atoms with Gasteiger partial charge >= 0.3 is 0 Å². The molecule has 0 bridgehead atoms. The molecule has 1 aliphatic rings. The van der Waals surface area contributed by atoms with Crippen LogP contribution in [-0.2, 0) is 0 Å². The summed E-state index contributed by atoms with van der Waals surface area (Å²) >= 11 is 4.21. The third-order valence-electron chi connectivity index (χ3n) is 3.91. The molecule has 1 aromatic carbocycles. The molecular weight excluding hydrogens is 292 g/mol. The Morgan fingerprint density at radius 2 is 1.71 bits per heavy atom. The van der Waals surface area contributed by atoms with Crippen LogP contribution in [0.1, 0.15) is 56.2 Å². The topological polar surface area (TPSA) is 0 Å². The minimum Gasteiger partial charge on any atom is -0.142 e. The van der Waals surface area contributed by atoms with Gasteiger partial charge in [0.2, 0.25) is 0 Å². The van der Waals surface area contributed by atoms with E-state index in [4.69, 9.17) is 0 Å². The van der Waals surface area contributed by atoms with E-state index >= 15 is 0 Å². The lowest BCUT2D eigenvalue weighted by molar-refractivity contribution is 0.292. The Balaban J connectivity index is 1.94. The van der Waals surface area contributed by atoms with Gasteiger partial charge in [0, 0.05) is 12.0 Å². The van der Waals surface area contributed by atoms with Crippen LogP contribution < -0.4 is 0 Å². The summed E-state index contributed by atoms with van der Waals surface area (Å²) in [6, 6.07) is 8.88. The molecule has 21 heavy (non-hydrogen) atoms. The van der Waals surface area contributed by atoms with E-state index in [1.807, 2.05) is 0 Å². The molecule has 1 aliphatic heterocycles. The number of hydrogen-bond acceptors (Lipinski definition) is 2. The summed E-state index contributed by atoms with van der Waals surface area (Å²) in [7, 11) is 0. The van der Waals surface area contributed by atoms with Gasteiger partial charge in [0.25, 0.3) is 0 Å². The van der Waals surface area contributed by atoms with Crippen molar-refractivity contribution in [1.82, 2.24) is 0 Å². The SMILES string of the molecule is CCCC#Cc1ccc(C2SCC(C(C)(C)C)CS2)cc1. The van der Waals surface area contributed by atoms with E-state index < -0.39 is 0 Å². The molecule has 114 valence electrons. The van der Waals surface area contributed by atoms with Gasteiger partial charge in [0.15, 0.2) is 0 Å². The van der Waals surface area contributed by atoms with Crippen molar-refractivity contribution in [3.63, 3.8) is 0 Å². The molecule has 1 heterocycles. The highest BCUT2D eigenvalue weighted by Gasteiger charge is 2.31. The van der Waals surface area contributed by atoms with Crippen molar-refractivity contribution >= 4 is 23.5 Å². The van der Waals surface area contributed by atoms with E-state index in [1.54, 1.807) is 0 Å². The second-order valence-electron chi connectivity index (χ2n) is 6.74. The first-order valence-corrected chi connectivity index (χ1v) is 9.92. The van der Waals surface area contributed by atoms with Crippen molar-refractivity contribution in [2.24, 2.45) is 11.3 Å². The maximum atomic E-state index is 3.24. The molecule has 2 rings (SSSR count). The van der Waals surface area contributed by atoms with Crippen LogP contribution >= 0.6 is 23.5 Å². The van der Waals surface area contributed by atoms with Crippen molar-refractivity contribution in [2.45, 2.75) is 45.1 Å². The van der Waals surface area contributed by atoms with Crippen molar-refractivity contribution < 1.29 is 0 Å². The molecule has 2 heteroatoms. The zero-order valence-corrected chi connectivity index (χ0v) is 15.2. The van der Waals surface area contributed by atoms with Crippen LogP contribution in [0.4, 0.5) is 0 Å². The fourth-order valence-corrected chi connectivity index (χ4v) is 5.96. The standard InChI is InChI=1S/C19H26S2/c1-5-6-7-8-15-9-11-16(12-10-15)18-20-13-17(14-21-18)19(2,3)4/h9-12,17-18H,5-6,13-14H2,1-4H3. The van der Waals surface area contributed by atoms with Gasteiger partial charge in [-0.25, -0.2) is 0 Å². The van der Waals surface area contributed by atoms with E-state index in [1.165, 1.54) is 17.1 Å². The van der Waals surface area contributed by atoms with Gasteiger partial charge < -0.3 is 0 Å². The lowest BCUT2D eigenvalue weighted by Gasteiger charge is -2.36. The van der Waals surface area contributed by atoms with Crippen molar-refractivity contribution in [2.75, 3.05) is 11.5 Å². The lowest BCUT2D eigenvalue weighted by atomic mass is 9.83. The van der Waals surface area contributed by atoms with E-state index in [2.05, 4.69) is 87.3 Å². The molecule has 0 unspecified atom stereocenters. The summed E-state index contributed by atoms with van der Waals surface area (Å²) in [5.41, 5.74) is 3.02. The summed E-state index contributed by atoms with van der Waals surface area (Å²) in [6.45, 7) is 9.26. The van der Waals surface area contributed by atoms with Gasteiger partial charge in [0.1, 0.15) is 0 Å². The highest BCUT2D eigenvalue weighted by Crippen LogP contribution is 2.49. The van der Waals surface area contributed by atoms with Gasteiger partial charge in [-0.3, -0.25) is 0 Å². The molecule has 1 fully saturated rings. The van der Waals surface area contributed by atoms with E-state index in [9.17, 15) is 0 Å². The Hall–Kier alpha value is -0.520. The van der Waals surface area contributed by atoms with Gasteiger partial charge in [-0.05, 0) is 47.0 Å². The summed E-state index contributed by atoms with van der Waals surface area (Å²) in [5, 5.41) is 0. The van der Waals surface area contributed by atoms with Crippen LogP contribution in [0.25, 0.3) is 0 Å².